The van der Waals surface area contributed by atoms with Crippen LogP contribution in [0.2, 0.25) is 0 Å². The Kier molecular flexibility index (Phi) is 4.61. The Morgan fingerprint density at radius 3 is 2.89 bits per heavy atom. The number of nitriles is 1. The molecule has 2 aliphatic rings. The number of nitrogens with zero attached hydrogens (tertiary/aromatic N) is 2. The molecular formula is C21H19N3O3. The van der Waals surface area contributed by atoms with Crippen molar-refractivity contribution < 1.29 is 14.6 Å². The maximum absolute atomic E-state index is 12.3. The number of hydrogen-bond acceptors (Lipinski definition) is 5. The van der Waals surface area contributed by atoms with Gasteiger partial charge in [0.2, 0.25) is 0 Å². The second-order valence-electron chi connectivity index (χ2n) is 6.75. The molecule has 1 saturated heterocycles. The van der Waals surface area contributed by atoms with Crippen molar-refractivity contribution in [2.75, 3.05) is 6.61 Å². The van der Waals surface area contributed by atoms with Gasteiger partial charge in [0.25, 0.3) is 0 Å². The summed E-state index contributed by atoms with van der Waals surface area (Å²) in [7, 11) is 0. The minimum Gasteiger partial charge on any atom is -0.508 e. The topological polar surface area (TPSA) is 99.0 Å². The van der Waals surface area contributed by atoms with Gasteiger partial charge in [-0.15, -0.1) is 0 Å². The first-order chi connectivity index (χ1) is 13.2. The lowest BCUT2D eigenvalue weighted by Crippen LogP contribution is -2.14. The minimum atomic E-state index is -0.200. The monoisotopic (exact) mass is 361 g/mol. The van der Waals surface area contributed by atoms with Crippen molar-refractivity contribution >= 4 is 11.4 Å². The van der Waals surface area contributed by atoms with E-state index in [1.54, 1.807) is 24.3 Å². The zero-order valence-electron chi connectivity index (χ0n) is 14.7. The molecule has 0 saturated carbocycles. The van der Waals surface area contributed by atoms with Gasteiger partial charge in [0, 0.05) is 24.2 Å². The predicted molar refractivity (Wildman–Crippen MR) is 99.5 cm³/mol. The highest BCUT2D eigenvalue weighted by Gasteiger charge is 2.28. The van der Waals surface area contributed by atoms with Gasteiger partial charge < -0.3 is 9.84 Å². The molecule has 1 fully saturated rings. The smallest absolute Gasteiger partial charge is 0.177 e. The first kappa shape index (κ1) is 17.3. The van der Waals surface area contributed by atoms with Crippen molar-refractivity contribution in [2.24, 2.45) is 0 Å². The number of aromatic nitrogens is 2. The number of ketones is 1. The summed E-state index contributed by atoms with van der Waals surface area (Å²) in [6.07, 6.45) is 6.40. The van der Waals surface area contributed by atoms with Gasteiger partial charge in [-0.3, -0.25) is 9.89 Å². The van der Waals surface area contributed by atoms with E-state index in [1.807, 2.05) is 18.2 Å². The first-order valence-electron chi connectivity index (χ1n) is 9.01. The fourth-order valence-electron chi connectivity index (χ4n) is 3.62. The largest absolute Gasteiger partial charge is 0.508 e. The van der Waals surface area contributed by atoms with Crippen molar-refractivity contribution in [3.8, 4) is 23.1 Å². The molecule has 2 N–H and O–H groups in total. The molecule has 0 amide bonds. The van der Waals surface area contributed by atoms with Crippen LogP contribution in [0, 0.1) is 11.3 Å². The van der Waals surface area contributed by atoms with Crippen molar-refractivity contribution in [2.45, 2.75) is 31.8 Å². The fraction of sp³-hybridized carbons (Fsp3) is 0.286. The molecule has 0 bridgehead atoms. The molecule has 2 aromatic rings. The second kappa shape index (κ2) is 7.22. The van der Waals surface area contributed by atoms with Crippen LogP contribution in [0.5, 0.6) is 5.75 Å². The van der Waals surface area contributed by atoms with Gasteiger partial charge in [-0.05, 0) is 43.0 Å². The quantitative estimate of drug-likeness (QED) is 0.865. The standard InChI is InChI=1S/C21H19N3O3/c22-12-15-8-7-13(11-17(15)26)19-20(14-4-3-5-16(25)10-14)23-24-21(19)18-6-1-2-9-27-18/h3-5,7-8,10,18,25H,1-2,6,9,11H2,(H,23,24). The van der Waals surface area contributed by atoms with E-state index in [9.17, 15) is 9.90 Å². The van der Waals surface area contributed by atoms with Gasteiger partial charge in [0.1, 0.15) is 17.5 Å². The maximum atomic E-state index is 12.3. The zero-order chi connectivity index (χ0) is 18.8. The van der Waals surface area contributed by atoms with Gasteiger partial charge in [-0.2, -0.15) is 10.4 Å². The molecule has 6 heteroatoms. The molecule has 1 aromatic heterocycles. The van der Waals surface area contributed by atoms with Crippen LogP contribution in [-0.2, 0) is 9.53 Å². The average molecular weight is 361 g/mol. The number of aromatic amines is 1. The number of Topliss-reactive ketones (excluding diaryl/α,β-unsaturated/α-hetero) is 1. The number of carbonyl (C=O) groups is 1. The van der Waals surface area contributed by atoms with Gasteiger partial charge >= 0.3 is 0 Å². The summed E-state index contributed by atoms with van der Waals surface area (Å²) in [5.74, 6) is -0.0501. The molecule has 0 radical (unpaired) electrons. The molecule has 0 spiro atoms. The van der Waals surface area contributed by atoms with E-state index in [0.29, 0.717) is 12.3 Å². The number of carbonyl (C=O) groups excluding carboxylic acids is 1. The molecule has 1 aliphatic heterocycles. The number of phenols is 1. The number of rotatable bonds is 3. The SMILES string of the molecule is N#CC1=CC=C(c2c(-c3cccc(O)c3)n[nH]c2C2CCCCO2)CC1=O. The highest BCUT2D eigenvalue weighted by Crippen LogP contribution is 2.40. The third kappa shape index (κ3) is 3.29. The number of allylic oxidation sites excluding steroid dienone is 4. The summed E-state index contributed by atoms with van der Waals surface area (Å²) in [5, 5.41) is 26.5. The Bertz CT molecular complexity index is 988. The summed E-state index contributed by atoms with van der Waals surface area (Å²) in [6.45, 7) is 0.695. The van der Waals surface area contributed by atoms with E-state index in [0.717, 1.165) is 41.7 Å². The molecule has 1 atom stereocenters. The second-order valence-corrected chi connectivity index (χ2v) is 6.75. The van der Waals surface area contributed by atoms with Gasteiger partial charge in [0.15, 0.2) is 5.78 Å². The highest BCUT2D eigenvalue weighted by atomic mass is 16.5. The molecule has 1 aliphatic carbocycles. The summed E-state index contributed by atoms with van der Waals surface area (Å²) < 4.78 is 5.94. The number of hydrogen-bond donors (Lipinski definition) is 2. The zero-order valence-corrected chi connectivity index (χ0v) is 14.7. The number of H-pyrrole nitrogens is 1. The van der Waals surface area contributed by atoms with E-state index >= 15 is 0 Å². The van der Waals surface area contributed by atoms with E-state index in [1.165, 1.54) is 0 Å². The van der Waals surface area contributed by atoms with Crippen LogP contribution in [-0.4, -0.2) is 27.7 Å². The molecule has 6 nitrogen and oxygen atoms in total. The Labute approximate surface area is 156 Å². The lowest BCUT2D eigenvalue weighted by Gasteiger charge is -2.23. The van der Waals surface area contributed by atoms with Crippen LogP contribution >= 0.6 is 0 Å². The Morgan fingerprint density at radius 2 is 2.19 bits per heavy atom. The van der Waals surface area contributed by atoms with Crippen molar-refractivity contribution in [1.29, 1.82) is 5.26 Å². The number of ether oxygens (including phenoxy) is 1. The molecule has 136 valence electrons. The van der Waals surface area contributed by atoms with E-state index in [2.05, 4.69) is 10.2 Å². The van der Waals surface area contributed by atoms with Crippen LogP contribution in [0.4, 0.5) is 0 Å². The summed E-state index contributed by atoms with van der Waals surface area (Å²) in [4.78, 5) is 12.3. The van der Waals surface area contributed by atoms with Gasteiger partial charge in [-0.25, -0.2) is 0 Å². The van der Waals surface area contributed by atoms with Gasteiger partial charge in [0.05, 0.1) is 17.4 Å². The Morgan fingerprint density at radius 1 is 1.30 bits per heavy atom. The van der Waals surface area contributed by atoms with Crippen LogP contribution in [0.3, 0.4) is 0 Å². The molecule has 27 heavy (non-hydrogen) atoms. The van der Waals surface area contributed by atoms with Gasteiger partial charge in [-0.1, -0.05) is 18.2 Å². The van der Waals surface area contributed by atoms with Crippen molar-refractivity contribution in [3.05, 3.63) is 53.2 Å². The lowest BCUT2D eigenvalue weighted by atomic mass is 9.88. The summed E-state index contributed by atoms with van der Waals surface area (Å²) in [6, 6.07) is 8.81. The van der Waals surface area contributed by atoms with Crippen LogP contribution < -0.4 is 0 Å². The van der Waals surface area contributed by atoms with E-state index < -0.39 is 0 Å². The van der Waals surface area contributed by atoms with E-state index in [4.69, 9.17) is 10.00 Å². The van der Waals surface area contributed by atoms with E-state index in [-0.39, 0.29) is 29.6 Å². The highest BCUT2D eigenvalue weighted by molar-refractivity contribution is 6.08. The number of phenolic OH excluding ortho intramolecular Hbond substituents is 1. The third-order valence-corrected chi connectivity index (χ3v) is 4.96. The molecular weight excluding hydrogens is 342 g/mol. The van der Waals surface area contributed by atoms with Crippen LogP contribution in [0.1, 0.15) is 43.0 Å². The lowest BCUT2D eigenvalue weighted by molar-refractivity contribution is -0.114. The number of benzene rings is 1. The minimum absolute atomic E-state index is 0.107. The predicted octanol–water partition coefficient (Wildman–Crippen LogP) is 3.83. The molecule has 4 rings (SSSR count). The average Bonchev–Trinajstić information content (AvgIpc) is 3.14. The normalized spacial score (nSPS) is 20.0. The van der Waals surface area contributed by atoms with Crippen LogP contribution in [0.25, 0.3) is 16.8 Å². The molecule has 2 heterocycles. The number of aromatic hydroxyl groups is 1. The Hall–Kier alpha value is -3.17. The fourth-order valence-corrected chi connectivity index (χ4v) is 3.62. The third-order valence-electron chi connectivity index (χ3n) is 4.96. The summed E-state index contributed by atoms with van der Waals surface area (Å²) >= 11 is 0. The first-order valence-corrected chi connectivity index (χ1v) is 9.01. The maximum Gasteiger partial charge on any atom is 0.177 e. The number of nitrogens with one attached hydrogen (secondary N) is 1. The van der Waals surface area contributed by atoms with Crippen LogP contribution in [0.15, 0.2) is 42.0 Å². The summed E-state index contributed by atoms with van der Waals surface area (Å²) in [5.41, 5.74) is 4.07. The van der Waals surface area contributed by atoms with Crippen molar-refractivity contribution in [1.82, 2.24) is 10.2 Å². The van der Waals surface area contributed by atoms with Crippen molar-refractivity contribution in [3.63, 3.8) is 0 Å². The Balaban J connectivity index is 1.85. The molecule has 1 aromatic carbocycles. The molecule has 1 unspecified atom stereocenters.